The fourth-order valence-electron chi connectivity index (χ4n) is 5.61. The molecule has 0 unspecified atom stereocenters. The molecule has 0 atom stereocenters. The van der Waals surface area contributed by atoms with Crippen LogP contribution in [0.3, 0.4) is 0 Å². The minimum absolute atomic E-state index is 0.0781. The van der Waals surface area contributed by atoms with Crippen molar-refractivity contribution in [1.82, 2.24) is 34.1 Å². The molecule has 0 amide bonds. The fraction of sp³-hybridized carbons (Fsp3) is 0.143. The number of unbranched alkanes of at least 4 members (excludes halogenated alkanes) is 1. The van der Waals surface area contributed by atoms with E-state index in [-0.39, 0.29) is 29.2 Å². The molecule has 228 valence electrons. The number of hydrogen-bond donors (Lipinski definition) is 2. The smallest absolute Gasteiger partial charge is 0.262 e. The molecule has 11 nitrogen and oxygen atoms in total. The summed E-state index contributed by atoms with van der Waals surface area (Å²) in [6, 6.07) is 27.8. The van der Waals surface area contributed by atoms with E-state index >= 15 is 0 Å². The SMILES string of the molecule is O=c1c2ccccc2nc(-c2ccc(O)cc2)n1CCCCn1cc(Cn2c(-c3cccc(O)c3)nc3ccccc3c2=O)nn1. The normalized spacial score (nSPS) is 11.4. The van der Waals surface area contributed by atoms with Crippen LogP contribution in [-0.4, -0.2) is 44.3 Å². The van der Waals surface area contributed by atoms with E-state index in [1.807, 2.05) is 24.3 Å². The molecular weight excluding hydrogens is 582 g/mol. The first-order valence-electron chi connectivity index (χ1n) is 14.9. The van der Waals surface area contributed by atoms with Crippen molar-refractivity contribution in [3.63, 3.8) is 0 Å². The number of phenols is 2. The quantitative estimate of drug-likeness (QED) is 0.218. The molecule has 0 saturated carbocycles. The Bertz CT molecular complexity index is 2320. The van der Waals surface area contributed by atoms with Gasteiger partial charge in [-0.15, -0.1) is 5.10 Å². The molecule has 11 heteroatoms. The van der Waals surface area contributed by atoms with E-state index in [0.29, 0.717) is 70.6 Å². The van der Waals surface area contributed by atoms with Gasteiger partial charge < -0.3 is 10.2 Å². The maximum absolute atomic E-state index is 13.6. The molecule has 7 rings (SSSR count). The van der Waals surface area contributed by atoms with Gasteiger partial charge in [-0.2, -0.15) is 0 Å². The molecule has 4 aromatic carbocycles. The lowest BCUT2D eigenvalue weighted by Crippen LogP contribution is -2.24. The lowest BCUT2D eigenvalue weighted by atomic mass is 10.1. The van der Waals surface area contributed by atoms with Crippen LogP contribution in [0, 0.1) is 0 Å². The summed E-state index contributed by atoms with van der Waals surface area (Å²) in [7, 11) is 0. The highest BCUT2D eigenvalue weighted by Gasteiger charge is 2.16. The summed E-state index contributed by atoms with van der Waals surface area (Å²) < 4.78 is 4.96. The van der Waals surface area contributed by atoms with E-state index in [0.717, 1.165) is 5.56 Å². The molecule has 0 fully saturated rings. The van der Waals surface area contributed by atoms with Crippen LogP contribution in [-0.2, 0) is 19.6 Å². The summed E-state index contributed by atoms with van der Waals surface area (Å²) in [5.41, 5.74) is 2.80. The Morgan fingerprint density at radius 3 is 1.93 bits per heavy atom. The third-order valence-electron chi connectivity index (χ3n) is 7.88. The second kappa shape index (κ2) is 12.1. The van der Waals surface area contributed by atoms with E-state index in [2.05, 4.69) is 10.3 Å². The third kappa shape index (κ3) is 5.61. The molecule has 0 radical (unpaired) electrons. The summed E-state index contributed by atoms with van der Waals surface area (Å²) in [4.78, 5) is 36.6. The van der Waals surface area contributed by atoms with Crippen LogP contribution in [0.2, 0.25) is 0 Å². The van der Waals surface area contributed by atoms with Gasteiger partial charge in [0.1, 0.15) is 28.8 Å². The van der Waals surface area contributed by atoms with Crippen molar-refractivity contribution in [3.8, 4) is 34.3 Å². The van der Waals surface area contributed by atoms with Gasteiger partial charge in [-0.25, -0.2) is 9.97 Å². The number of aromatic hydroxyl groups is 2. The zero-order chi connectivity index (χ0) is 31.6. The molecule has 0 spiro atoms. The molecular formula is C35H29N7O4. The lowest BCUT2D eigenvalue weighted by Gasteiger charge is -2.14. The van der Waals surface area contributed by atoms with Gasteiger partial charge in [0, 0.05) is 24.2 Å². The van der Waals surface area contributed by atoms with E-state index in [4.69, 9.17) is 9.97 Å². The first-order chi connectivity index (χ1) is 22.4. The fourth-order valence-corrected chi connectivity index (χ4v) is 5.61. The first kappa shape index (κ1) is 28.7. The number of para-hydroxylation sites is 2. The summed E-state index contributed by atoms with van der Waals surface area (Å²) in [5.74, 6) is 1.19. The van der Waals surface area contributed by atoms with Gasteiger partial charge in [-0.1, -0.05) is 41.6 Å². The lowest BCUT2D eigenvalue weighted by molar-refractivity contribution is 0.475. The summed E-state index contributed by atoms with van der Waals surface area (Å²) >= 11 is 0. The number of nitrogens with zero attached hydrogens (tertiary/aromatic N) is 7. The van der Waals surface area contributed by atoms with Crippen LogP contribution in [0.1, 0.15) is 18.5 Å². The molecule has 0 bridgehead atoms. The second-order valence-corrected chi connectivity index (χ2v) is 11.0. The Morgan fingerprint density at radius 1 is 0.609 bits per heavy atom. The zero-order valence-electron chi connectivity index (χ0n) is 24.7. The number of benzene rings is 4. The molecule has 0 saturated heterocycles. The van der Waals surface area contributed by atoms with Gasteiger partial charge in [-0.3, -0.25) is 23.4 Å². The minimum Gasteiger partial charge on any atom is -0.508 e. The van der Waals surface area contributed by atoms with Crippen molar-refractivity contribution in [2.24, 2.45) is 0 Å². The number of rotatable bonds is 9. The first-order valence-corrected chi connectivity index (χ1v) is 14.9. The Balaban J connectivity index is 1.10. The van der Waals surface area contributed by atoms with E-state index in [1.54, 1.807) is 92.8 Å². The Hall–Kier alpha value is -6.10. The van der Waals surface area contributed by atoms with Crippen LogP contribution in [0.15, 0.2) is 113 Å². The van der Waals surface area contributed by atoms with Crippen LogP contribution in [0.25, 0.3) is 44.6 Å². The Morgan fingerprint density at radius 2 is 1.24 bits per heavy atom. The predicted octanol–water partition coefficient (Wildman–Crippen LogP) is 4.97. The summed E-state index contributed by atoms with van der Waals surface area (Å²) in [5, 5.41) is 29.5. The number of aromatic nitrogens is 7. The third-order valence-corrected chi connectivity index (χ3v) is 7.88. The van der Waals surface area contributed by atoms with Crippen LogP contribution < -0.4 is 11.1 Å². The predicted molar refractivity (Wildman–Crippen MR) is 175 cm³/mol. The molecule has 3 aromatic heterocycles. The van der Waals surface area contributed by atoms with Gasteiger partial charge in [0.25, 0.3) is 11.1 Å². The van der Waals surface area contributed by atoms with Crippen molar-refractivity contribution in [2.75, 3.05) is 0 Å². The second-order valence-electron chi connectivity index (χ2n) is 11.0. The van der Waals surface area contributed by atoms with E-state index in [1.165, 1.54) is 0 Å². The van der Waals surface area contributed by atoms with Crippen LogP contribution in [0.4, 0.5) is 0 Å². The molecule has 0 aliphatic heterocycles. The van der Waals surface area contributed by atoms with Crippen molar-refractivity contribution in [1.29, 1.82) is 0 Å². The zero-order valence-corrected chi connectivity index (χ0v) is 24.7. The van der Waals surface area contributed by atoms with Crippen molar-refractivity contribution in [2.45, 2.75) is 32.5 Å². The highest BCUT2D eigenvalue weighted by molar-refractivity contribution is 5.80. The summed E-state index contributed by atoms with van der Waals surface area (Å²) in [6.45, 7) is 1.15. The number of phenolic OH excluding ortho intramolecular Hbond substituents is 2. The molecule has 0 aliphatic rings. The molecule has 0 aliphatic carbocycles. The van der Waals surface area contributed by atoms with Gasteiger partial charge in [0.05, 0.1) is 34.5 Å². The maximum atomic E-state index is 13.6. The highest BCUT2D eigenvalue weighted by Crippen LogP contribution is 2.24. The van der Waals surface area contributed by atoms with Crippen molar-refractivity contribution < 1.29 is 10.2 Å². The number of aryl methyl sites for hydroxylation is 1. The van der Waals surface area contributed by atoms with Crippen molar-refractivity contribution >= 4 is 21.8 Å². The molecule has 3 heterocycles. The van der Waals surface area contributed by atoms with Crippen LogP contribution >= 0.6 is 0 Å². The van der Waals surface area contributed by atoms with Crippen LogP contribution in [0.5, 0.6) is 11.5 Å². The standard InChI is InChI=1S/C35H29N7O4/c43-26-16-14-23(15-17-26)32-36-30-12-3-1-10-28(30)34(45)41(32)19-6-5-18-40-21-25(38-39-40)22-42-33(24-8-7-9-27(44)20-24)37-31-13-4-2-11-29(31)35(42)46/h1-4,7-17,20-21,43-44H,5-6,18-19,22H2. The van der Waals surface area contributed by atoms with E-state index < -0.39 is 0 Å². The molecule has 2 N–H and O–H groups in total. The monoisotopic (exact) mass is 611 g/mol. The van der Waals surface area contributed by atoms with Gasteiger partial charge in [0.2, 0.25) is 0 Å². The highest BCUT2D eigenvalue weighted by atomic mass is 16.3. The Labute approximate surface area is 262 Å². The molecule has 7 aromatic rings. The topological polar surface area (TPSA) is 141 Å². The Kier molecular flexibility index (Phi) is 7.55. The summed E-state index contributed by atoms with van der Waals surface area (Å²) in [6.07, 6.45) is 3.19. The van der Waals surface area contributed by atoms with Gasteiger partial charge in [-0.05, 0) is 73.5 Å². The molecule has 46 heavy (non-hydrogen) atoms. The number of fused-ring (bicyclic) bond motifs is 2. The van der Waals surface area contributed by atoms with Crippen molar-refractivity contribution in [3.05, 3.63) is 130 Å². The maximum Gasteiger partial charge on any atom is 0.262 e. The number of hydrogen-bond acceptors (Lipinski definition) is 8. The minimum atomic E-state index is -0.211. The largest absolute Gasteiger partial charge is 0.508 e. The van der Waals surface area contributed by atoms with Gasteiger partial charge in [0.15, 0.2) is 0 Å². The van der Waals surface area contributed by atoms with E-state index in [9.17, 15) is 19.8 Å². The average molecular weight is 612 g/mol. The van der Waals surface area contributed by atoms with Gasteiger partial charge >= 0.3 is 0 Å². The average Bonchev–Trinajstić information content (AvgIpc) is 3.52.